The van der Waals surface area contributed by atoms with Gasteiger partial charge in [-0.3, -0.25) is 9.51 Å². The molecule has 0 aromatic carbocycles. The molecule has 78 valence electrons. The number of rotatable bonds is 1. The van der Waals surface area contributed by atoms with Gasteiger partial charge in [0.2, 0.25) is 10.3 Å². The summed E-state index contributed by atoms with van der Waals surface area (Å²) in [6.07, 6.45) is 5.24. The minimum absolute atomic E-state index is 0.128. The molecule has 1 heterocycles. The second-order valence-electron chi connectivity index (χ2n) is 2.81. The van der Waals surface area contributed by atoms with Crippen molar-refractivity contribution in [2.75, 3.05) is 0 Å². The quantitative estimate of drug-likeness (QED) is 0.667. The Kier molecular flexibility index (Phi) is 2.38. The molecule has 1 aliphatic carbocycles. The van der Waals surface area contributed by atoms with Gasteiger partial charge in [0.05, 0.1) is 4.86 Å². The van der Waals surface area contributed by atoms with Gasteiger partial charge in [0.1, 0.15) is 0 Å². The smallest absolute Gasteiger partial charge is 0.296 e. The molecule has 0 amide bonds. The van der Waals surface area contributed by atoms with Crippen LogP contribution in [0.25, 0.3) is 5.57 Å². The van der Waals surface area contributed by atoms with Gasteiger partial charge in [0, 0.05) is 12.0 Å². The van der Waals surface area contributed by atoms with Gasteiger partial charge in [-0.25, -0.2) is 4.79 Å². The van der Waals surface area contributed by atoms with Crippen LogP contribution < -0.4 is 5.76 Å². The summed E-state index contributed by atoms with van der Waals surface area (Å²) in [5, 5.41) is 3.43. The summed E-state index contributed by atoms with van der Waals surface area (Å²) in [6.45, 7) is 0. The van der Waals surface area contributed by atoms with E-state index < -0.39 is 16.0 Å². The first-order valence-corrected chi connectivity index (χ1v) is 5.14. The van der Waals surface area contributed by atoms with Crippen LogP contribution in [-0.4, -0.2) is 23.4 Å². The van der Waals surface area contributed by atoms with Gasteiger partial charge in [-0.05, 0) is 0 Å². The number of hydrogen-bond donors (Lipinski definition) is 1. The van der Waals surface area contributed by atoms with Crippen molar-refractivity contribution in [1.82, 2.24) is 10.1 Å². The lowest BCUT2D eigenvalue weighted by Gasteiger charge is -2.04. The number of hydrogen-bond acceptors (Lipinski definition) is 5. The molecule has 0 unspecified atom stereocenters. The van der Waals surface area contributed by atoms with E-state index >= 15 is 0 Å². The fourth-order valence-corrected chi connectivity index (χ4v) is 1.83. The molecule has 0 saturated heterocycles. The minimum atomic E-state index is -2.33. The average Bonchev–Trinajstić information content (AvgIpc) is 2.65. The highest BCUT2D eigenvalue weighted by molar-refractivity contribution is 7.74. The molecular weight excluding hydrogens is 220 g/mol. The van der Waals surface area contributed by atoms with Crippen molar-refractivity contribution in [1.29, 1.82) is 0 Å². The van der Waals surface area contributed by atoms with Crippen molar-refractivity contribution >= 4 is 20.7 Å². The van der Waals surface area contributed by atoms with Crippen LogP contribution in [0.3, 0.4) is 0 Å². The minimum Gasteiger partial charge on any atom is -0.296 e. The van der Waals surface area contributed by atoms with E-state index in [0.29, 0.717) is 5.57 Å². The van der Waals surface area contributed by atoms with Crippen LogP contribution in [0.4, 0.5) is 0 Å². The summed E-state index contributed by atoms with van der Waals surface area (Å²) in [7, 11) is -2.33. The van der Waals surface area contributed by atoms with E-state index in [1.807, 2.05) is 0 Å². The zero-order valence-electron chi connectivity index (χ0n) is 7.43. The molecule has 1 aliphatic rings. The van der Waals surface area contributed by atoms with E-state index in [0.717, 1.165) is 0 Å². The maximum Gasteiger partial charge on any atom is 0.439 e. The van der Waals surface area contributed by atoms with Crippen LogP contribution in [0.1, 0.15) is 12.2 Å². The van der Waals surface area contributed by atoms with E-state index in [2.05, 4.69) is 14.7 Å². The summed E-state index contributed by atoms with van der Waals surface area (Å²) >= 11 is 0. The second kappa shape index (κ2) is 3.70. The standard InChI is InChI=1S/C8H6N2O4S/c11-8-9-7(10-14-8)5-3-1-2-4-6(5)15(12)13/h1-3H,4H2,(H,9,10,11). The highest BCUT2D eigenvalue weighted by atomic mass is 32.2. The SMILES string of the molecule is O=c1[nH]c(C2=CC=CCC2=S(=O)=O)no1. The monoisotopic (exact) mass is 226 g/mol. The molecule has 1 aromatic rings. The number of nitrogens with one attached hydrogen (secondary N) is 1. The van der Waals surface area contributed by atoms with Gasteiger partial charge < -0.3 is 0 Å². The Morgan fingerprint density at radius 2 is 2.27 bits per heavy atom. The highest BCUT2D eigenvalue weighted by Gasteiger charge is 2.16. The predicted octanol–water partition coefficient (Wildman–Crippen LogP) is -0.242. The Balaban J connectivity index is 2.61. The molecule has 6 nitrogen and oxygen atoms in total. The third kappa shape index (κ3) is 1.82. The molecule has 1 aromatic heterocycles. The molecule has 0 aliphatic heterocycles. The number of aromatic nitrogens is 2. The summed E-state index contributed by atoms with van der Waals surface area (Å²) in [5.41, 5.74) is 0.358. The average molecular weight is 226 g/mol. The normalized spacial score (nSPS) is 15.2. The van der Waals surface area contributed by atoms with Gasteiger partial charge in [0.15, 0.2) is 5.82 Å². The van der Waals surface area contributed by atoms with Crippen molar-refractivity contribution in [2.24, 2.45) is 0 Å². The molecule has 7 heteroatoms. The van der Waals surface area contributed by atoms with E-state index in [-0.39, 0.29) is 17.1 Å². The maximum atomic E-state index is 10.9. The first-order valence-electron chi connectivity index (χ1n) is 4.07. The van der Waals surface area contributed by atoms with Crippen LogP contribution in [0.2, 0.25) is 0 Å². The Hall–Kier alpha value is -1.89. The van der Waals surface area contributed by atoms with E-state index in [1.165, 1.54) is 0 Å². The largest absolute Gasteiger partial charge is 0.439 e. The van der Waals surface area contributed by atoms with Crippen LogP contribution in [-0.2, 0) is 10.3 Å². The fraction of sp³-hybridized carbons (Fsp3) is 0.125. The first-order chi connectivity index (χ1) is 7.18. The Morgan fingerprint density at radius 3 is 2.87 bits per heavy atom. The molecule has 0 atom stereocenters. The Bertz CT molecular complexity index is 622. The predicted molar refractivity (Wildman–Crippen MR) is 52.8 cm³/mol. The zero-order chi connectivity index (χ0) is 10.8. The molecule has 0 fully saturated rings. The van der Waals surface area contributed by atoms with Crippen LogP contribution in [0.5, 0.6) is 0 Å². The van der Waals surface area contributed by atoms with E-state index in [4.69, 9.17) is 0 Å². The van der Waals surface area contributed by atoms with Crippen molar-refractivity contribution in [2.45, 2.75) is 6.42 Å². The van der Waals surface area contributed by atoms with Crippen LogP contribution in [0, 0.1) is 0 Å². The van der Waals surface area contributed by atoms with E-state index in [1.54, 1.807) is 18.2 Å². The lowest BCUT2D eigenvalue weighted by molar-refractivity contribution is 0.385. The fourth-order valence-electron chi connectivity index (χ4n) is 1.26. The lowest BCUT2D eigenvalue weighted by atomic mass is 10.0. The van der Waals surface area contributed by atoms with Crippen molar-refractivity contribution < 1.29 is 12.9 Å². The second-order valence-corrected chi connectivity index (χ2v) is 3.78. The lowest BCUT2D eigenvalue weighted by Crippen LogP contribution is -2.07. The van der Waals surface area contributed by atoms with Gasteiger partial charge in [0.25, 0.3) is 0 Å². The number of H-pyrrole nitrogens is 1. The molecule has 0 saturated carbocycles. The first kappa shape index (κ1) is 9.66. The molecular formula is C8H6N2O4S. The molecule has 0 bridgehead atoms. The van der Waals surface area contributed by atoms with Crippen molar-refractivity contribution in [3.63, 3.8) is 0 Å². The molecule has 0 radical (unpaired) electrons. The zero-order valence-corrected chi connectivity index (χ0v) is 8.24. The van der Waals surface area contributed by atoms with E-state index in [9.17, 15) is 13.2 Å². The molecule has 1 N–H and O–H groups in total. The third-order valence-electron chi connectivity index (χ3n) is 1.90. The maximum absolute atomic E-state index is 10.9. The number of allylic oxidation sites excluding steroid dienone is 4. The molecule has 0 spiro atoms. The van der Waals surface area contributed by atoms with Crippen LogP contribution >= 0.6 is 0 Å². The number of aromatic amines is 1. The van der Waals surface area contributed by atoms with Gasteiger partial charge in [-0.15, -0.1) is 0 Å². The van der Waals surface area contributed by atoms with Gasteiger partial charge in [-0.2, -0.15) is 8.42 Å². The summed E-state index contributed by atoms with van der Waals surface area (Å²) in [4.78, 5) is 13.2. The number of nitrogens with zero attached hydrogens (tertiary/aromatic N) is 1. The molecule has 15 heavy (non-hydrogen) atoms. The van der Waals surface area contributed by atoms with Gasteiger partial charge in [-0.1, -0.05) is 23.4 Å². The third-order valence-corrected chi connectivity index (χ3v) is 2.69. The summed E-state index contributed by atoms with van der Waals surface area (Å²) in [5.74, 6) is -0.583. The van der Waals surface area contributed by atoms with Crippen molar-refractivity contribution in [3.8, 4) is 0 Å². The topological polar surface area (TPSA) is 93.0 Å². The summed E-state index contributed by atoms with van der Waals surface area (Å²) in [6, 6.07) is 0. The Morgan fingerprint density at radius 1 is 1.47 bits per heavy atom. The van der Waals surface area contributed by atoms with Gasteiger partial charge >= 0.3 is 5.76 Å². The Labute approximate surface area is 85.4 Å². The van der Waals surface area contributed by atoms with Crippen molar-refractivity contribution in [3.05, 3.63) is 34.6 Å². The molecule has 2 rings (SSSR count). The van der Waals surface area contributed by atoms with Crippen LogP contribution in [0.15, 0.2) is 27.5 Å². The summed E-state index contributed by atoms with van der Waals surface area (Å²) < 4.78 is 26.1. The highest BCUT2D eigenvalue weighted by Crippen LogP contribution is 2.16.